The summed E-state index contributed by atoms with van der Waals surface area (Å²) in [5.74, 6) is -0.752. The minimum Gasteiger partial charge on any atom is -0.425 e. The van der Waals surface area contributed by atoms with Crippen LogP contribution >= 0.6 is 0 Å². The van der Waals surface area contributed by atoms with Gasteiger partial charge in [0.05, 0.1) is 5.92 Å². The van der Waals surface area contributed by atoms with Crippen molar-refractivity contribution in [1.29, 1.82) is 0 Å². The van der Waals surface area contributed by atoms with Crippen LogP contribution in [0.1, 0.15) is 27.2 Å². The van der Waals surface area contributed by atoms with Crippen molar-refractivity contribution in [2.75, 3.05) is 0 Å². The summed E-state index contributed by atoms with van der Waals surface area (Å²) < 4.78 is 9.44. The second-order valence-electron chi connectivity index (χ2n) is 3.51. The Labute approximate surface area is 94.9 Å². The lowest BCUT2D eigenvalue weighted by Crippen LogP contribution is -2.37. The molecule has 0 bridgehead atoms. The van der Waals surface area contributed by atoms with Crippen molar-refractivity contribution in [3.05, 3.63) is 6.92 Å². The van der Waals surface area contributed by atoms with E-state index in [9.17, 15) is 9.59 Å². The van der Waals surface area contributed by atoms with Gasteiger partial charge in [-0.1, -0.05) is 13.8 Å². The van der Waals surface area contributed by atoms with Crippen molar-refractivity contribution < 1.29 is 24.2 Å². The molecule has 1 amide bonds. The summed E-state index contributed by atoms with van der Waals surface area (Å²) in [7, 11) is 0. The van der Waals surface area contributed by atoms with Gasteiger partial charge >= 0.3 is 12.1 Å². The van der Waals surface area contributed by atoms with Crippen LogP contribution in [-0.4, -0.2) is 29.7 Å². The molecule has 16 heavy (non-hydrogen) atoms. The molecule has 6 nitrogen and oxygen atoms in total. The number of carbonyl (C=O) groups is 2. The summed E-state index contributed by atoms with van der Waals surface area (Å²) >= 11 is 0. The molecule has 2 unspecified atom stereocenters. The molecule has 0 heterocycles. The Hall–Kier alpha value is -1.30. The first-order chi connectivity index (χ1) is 7.36. The van der Waals surface area contributed by atoms with E-state index in [-0.39, 0.29) is 12.3 Å². The van der Waals surface area contributed by atoms with Gasteiger partial charge in [0.1, 0.15) is 6.23 Å². The number of esters is 1. The lowest BCUT2D eigenvalue weighted by atomic mass is 10.2. The molecule has 0 saturated heterocycles. The van der Waals surface area contributed by atoms with E-state index in [4.69, 9.17) is 9.84 Å². The fourth-order valence-electron chi connectivity index (χ4n) is 0.717. The molecule has 0 fully saturated rings. The fraction of sp³-hybridized carbons (Fsp3) is 0.700. The highest BCUT2D eigenvalue weighted by Crippen LogP contribution is 2.02. The molecule has 0 aromatic carbocycles. The molecule has 0 aliphatic heterocycles. The molecule has 0 aliphatic carbocycles. The number of rotatable bonds is 5. The maximum Gasteiger partial charge on any atom is 0.412 e. The molecular formula is C10H18NO5. The Morgan fingerprint density at radius 2 is 1.88 bits per heavy atom. The first-order valence-corrected chi connectivity index (χ1v) is 5.01. The van der Waals surface area contributed by atoms with Gasteiger partial charge in [-0.2, -0.15) is 0 Å². The van der Waals surface area contributed by atoms with E-state index in [1.807, 2.05) is 0 Å². The maximum atomic E-state index is 11.1. The van der Waals surface area contributed by atoms with Crippen LogP contribution in [0.4, 0.5) is 4.79 Å². The summed E-state index contributed by atoms with van der Waals surface area (Å²) in [6.45, 7) is 8.13. The second kappa shape index (κ2) is 7.05. The van der Waals surface area contributed by atoms with Gasteiger partial charge in [0.2, 0.25) is 6.29 Å². The van der Waals surface area contributed by atoms with Gasteiger partial charge in [-0.3, -0.25) is 10.1 Å². The SMILES string of the molecule is [CH2]CC(O)NC(=O)OC(C)OC(=O)C(C)C. The molecule has 0 rings (SSSR count). The molecule has 93 valence electrons. The standard InChI is InChI=1S/C10H18NO5/c1-5-8(12)11-10(14)16-7(4)15-9(13)6(2)3/h6-8,12H,1,5H2,2-4H3,(H,11,14). The first kappa shape index (κ1) is 14.7. The van der Waals surface area contributed by atoms with Crippen molar-refractivity contribution in [3.63, 3.8) is 0 Å². The molecule has 2 atom stereocenters. The molecule has 6 heteroatoms. The summed E-state index contributed by atoms with van der Waals surface area (Å²) in [4.78, 5) is 22.2. The molecule has 1 radical (unpaired) electrons. The van der Waals surface area contributed by atoms with Crippen LogP contribution in [-0.2, 0) is 14.3 Å². The van der Waals surface area contributed by atoms with Gasteiger partial charge in [-0.05, 0) is 13.3 Å². The Morgan fingerprint density at radius 1 is 1.31 bits per heavy atom. The molecule has 0 aliphatic rings. The van der Waals surface area contributed by atoms with Crippen LogP contribution in [0.5, 0.6) is 0 Å². The van der Waals surface area contributed by atoms with E-state index < -0.39 is 24.6 Å². The van der Waals surface area contributed by atoms with Gasteiger partial charge in [0.25, 0.3) is 0 Å². The topological polar surface area (TPSA) is 84.9 Å². The lowest BCUT2D eigenvalue weighted by molar-refractivity contribution is -0.168. The third kappa shape index (κ3) is 6.23. The van der Waals surface area contributed by atoms with Gasteiger partial charge in [0.15, 0.2) is 0 Å². The van der Waals surface area contributed by atoms with E-state index in [0.29, 0.717) is 0 Å². The average molecular weight is 232 g/mol. The Balaban J connectivity index is 3.91. The third-order valence-electron chi connectivity index (χ3n) is 1.58. The van der Waals surface area contributed by atoms with Crippen molar-refractivity contribution >= 4 is 12.1 Å². The third-order valence-corrected chi connectivity index (χ3v) is 1.58. The predicted octanol–water partition coefficient (Wildman–Crippen LogP) is 0.800. The second-order valence-corrected chi connectivity index (χ2v) is 3.51. The number of alkyl carbamates (subject to hydrolysis) is 1. The fourth-order valence-corrected chi connectivity index (χ4v) is 0.717. The van der Waals surface area contributed by atoms with E-state index in [2.05, 4.69) is 17.0 Å². The van der Waals surface area contributed by atoms with Crippen LogP contribution < -0.4 is 5.32 Å². The lowest BCUT2D eigenvalue weighted by Gasteiger charge is -2.17. The summed E-state index contributed by atoms with van der Waals surface area (Å²) in [5, 5.41) is 11.1. The normalized spacial score (nSPS) is 14.1. The zero-order valence-corrected chi connectivity index (χ0v) is 9.73. The number of aliphatic hydroxyl groups excluding tert-OH is 1. The molecule has 0 aromatic heterocycles. The number of ether oxygens (including phenoxy) is 2. The van der Waals surface area contributed by atoms with Crippen molar-refractivity contribution in [2.24, 2.45) is 5.92 Å². The molecule has 0 spiro atoms. The largest absolute Gasteiger partial charge is 0.425 e. The van der Waals surface area contributed by atoms with Crippen molar-refractivity contribution in [1.82, 2.24) is 5.32 Å². The number of hydrogen-bond donors (Lipinski definition) is 2. The zero-order chi connectivity index (χ0) is 12.7. The molecular weight excluding hydrogens is 214 g/mol. The van der Waals surface area contributed by atoms with Crippen LogP contribution in [0.15, 0.2) is 0 Å². The van der Waals surface area contributed by atoms with Crippen LogP contribution in [0.3, 0.4) is 0 Å². The predicted molar refractivity (Wildman–Crippen MR) is 56.0 cm³/mol. The minimum absolute atomic E-state index is 0.120. The highest BCUT2D eigenvalue weighted by atomic mass is 16.7. The molecule has 0 saturated carbocycles. The van der Waals surface area contributed by atoms with Crippen LogP contribution in [0, 0.1) is 12.8 Å². The van der Waals surface area contributed by atoms with Gasteiger partial charge < -0.3 is 14.6 Å². The smallest absolute Gasteiger partial charge is 0.412 e. The van der Waals surface area contributed by atoms with Gasteiger partial charge in [-0.25, -0.2) is 4.79 Å². The molecule has 0 aromatic rings. The first-order valence-electron chi connectivity index (χ1n) is 5.01. The van der Waals surface area contributed by atoms with E-state index in [0.717, 1.165) is 0 Å². The Morgan fingerprint density at radius 3 is 2.31 bits per heavy atom. The summed E-state index contributed by atoms with van der Waals surface area (Å²) in [6.07, 6.45) is -2.80. The van der Waals surface area contributed by atoms with Crippen molar-refractivity contribution in [3.8, 4) is 0 Å². The van der Waals surface area contributed by atoms with Crippen LogP contribution in [0.2, 0.25) is 0 Å². The van der Waals surface area contributed by atoms with E-state index >= 15 is 0 Å². The number of aliphatic hydroxyl groups is 1. The monoisotopic (exact) mass is 232 g/mol. The Bertz CT molecular complexity index is 241. The van der Waals surface area contributed by atoms with Gasteiger partial charge in [0, 0.05) is 6.92 Å². The maximum absolute atomic E-state index is 11.1. The molecule has 2 N–H and O–H groups in total. The summed E-state index contributed by atoms with van der Waals surface area (Å²) in [5.41, 5.74) is 0. The van der Waals surface area contributed by atoms with E-state index in [1.165, 1.54) is 6.92 Å². The zero-order valence-electron chi connectivity index (χ0n) is 9.73. The minimum atomic E-state index is -1.07. The number of hydrogen-bond acceptors (Lipinski definition) is 5. The number of carbonyl (C=O) groups excluding carboxylic acids is 2. The van der Waals surface area contributed by atoms with Gasteiger partial charge in [-0.15, -0.1) is 0 Å². The quantitative estimate of drug-likeness (QED) is 0.541. The highest BCUT2D eigenvalue weighted by Gasteiger charge is 2.17. The number of nitrogens with one attached hydrogen (secondary N) is 1. The summed E-state index contributed by atoms with van der Waals surface area (Å²) in [6, 6.07) is 0. The highest BCUT2D eigenvalue weighted by molar-refractivity contribution is 5.72. The Kier molecular flexibility index (Phi) is 6.48. The van der Waals surface area contributed by atoms with Crippen LogP contribution in [0.25, 0.3) is 0 Å². The average Bonchev–Trinajstić information content (AvgIpc) is 2.16. The van der Waals surface area contributed by atoms with E-state index in [1.54, 1.807) is 13.8 Å². The number of amides is 1. The van der Waals surface area contributed by atoms with Crippen molar-refractivity contribution in [2.45, 2.75) is 39.7 Å².